The minimum absolute atomic E-state index is 0.0965. The van der Waals surface area contributed by atoms with Crippen LogP contribution < -0.4 is 16.3 Å². The number of hydrogen-bond donors (Lipinski definition) is 1. The number of amides is 1. The van der Waals surface area contributed by atoms with Crippen molar-refractivity contribution < 1.29 is 13.9 Å². The number of anilines is 1. The molecule has 0 saturated carbocycles. The van der Waals surface area contributed by atoms with Crippen LogP contribution in [0.4, 0.5) is 10.2 Å². The normalized spacial score (nSPS) is 17.6. The van der Waals surface area contributed by atoms with Crippen molar-refractivity contribution in [2.45, 2.75) is 24.5 Å². The zero-order valence-corrected chi connectivity index (χ0v) is 21.6. The Bertz CT molecular complexity index is 1400. The van der Waals surface area contributed by atoms with Crippen molar-refractivity contribution in [3.63, 3.8) is 0 Å². The Labute approximate surface area is 218 Å². The first-order valence-corrected chi connectivity index (χ1v) is 13.3. The van der Waals surface area contributed by atoms with E-state index in [1.807, 2.05) is 6.92 Å². The minimum Gasteiger partial charge on any atom is -0.374 e. The summed E-state index contributed by atoms with van der Waals surface area (Å²) in [6.07, 6.45) is 1.12. The van der Waals surface area contributed by atoms with Gasteiger partial charge in [0.1, 0.15) is 11.6 Å². The Balaban J connectivity index is 1.67. The molecule has 2 N–H and O–H groups in total. The highest BCUT2D eigenvalue weighted by Gasteiger charge is 2.29. The molecule has 1 atom stereocenters. The van der Waals surface area contributed by atoms with Crippen LogP contribution in [-0.2, 0) is 16.1 Å². The summed E-state index contributed by atoms with van der Waals surface area (Å²) in [6.45, 7) is 8.97. The van der Waals surface area contributed by atoms with E-state index in [0.717, 1.165) is 32.5 Å². The molecule has 37 heavy (non-hydrogen) atoms. The molecule has 0 radical (unpaired) electrons. The van der Waals surface area contributed by atoms with E-state index >= 15 is 0 Å². The van der Waals surface area contributed by atoms with E-state index in [4.69, 9.17) is 10.5 Å². The van der Waals surface area contributed by atoms with Crippen molar-refractivity contribution in [1.29, 1.82) is 0 Å². The predicted molar refractivity (Wildman–Crippen MR) is 145 cm³/mol. The van der Waals surface area contributed by atoms with Crippen molar-refractivity contribution in [3.8, 4) is 11.1 Å². The van der Waals surface area contributed by atoms with Crippen LogP contribution in [0.15, 0.2) is 52.7 Å². The quantitative estimate of drug-likeness (QED) is 0.497. The summed E-state index contributed by atoms with van der Waals surface area (Å²) in [5.41, 5.74) is 9.01. The molecule has 1 unspecified atom stereocenters. The van der Waals surface area contributed by atoms with E-state index in [-0.39, 0.29) is 23.5 Å². The van der Waals surface area contributed by atoms with Gasteiger partial charge in [-0.05, 0) is 42.3 Å². The number of rotatable bonds is 6. The summed E-state index contributed by atoms with van der Waals surface area (Å²) in [4.78, 5) is 34.9. The molecule has 2 aliphatic heterocycles. The summed E-state index contributed by atoms with van der Waals surface area (Å²) in [6, 6.07) is 8.52. The molecule has 10 heteroatoms. The van der Waals surface area contributed by atoms with Crippen LogP contribution in [-0.4, -0.2) is 71.5 Å². The summed E-state index contributed by atoms with van der Waals surface area (Å²) in [5, 5.41) is 0.883. The number of halogens is 1. The highest BCUT2D eigenvalue weighted by Crippen LogP contribution is 2.43. The standard InChI is InChI=1S/C27H30FN5O3S/c1-3-22(34)31-9-11-32(12-10-31)26-21-14-17(2)23(18-4-6-19(28)7-5-18)25-24(21)33(27(35)30-26)15-20(16-37-25)36-13-8-29/h3-7,14,20H,1,8-13,15-16,29H2,2H3. The van der Waals surface area contributed by atoms with Crippen molar-refractivity contribution in [3.05, 3.63) is 64.9 Å². The number of ether oxygens (including phenoxy) is 1. The molecule has 2 aliphatic rings. The van der Waals surface area contributed by atoms with Gasteiger partial charge in [0.25, 0.3) is 0 Å². The summed E-state index contributed by atoms with van der Waals surface area (Å²) < 4.78 is 21.4. The lowest BCUT2D eigenvalue weighted by Gasteiger charge is -2.35. The number of nitrogens with zero attached hydrogens (tertiary/aromatic N) is 4. The molecule has 3 aromatic rings. The fourth-order valence-corrected chi connectivity index (χ4v) is 6.42. The number of nitrogens with two attached hydrogens (primary N) is 1. The van der Waals surface area contributed by atoms with E-state index in [9.17, 15) is 14.0 Å². The van der Waals surface area contributed by atoms with Gasteiger partial charge in [0.15, 0.2) is 0 Å². The molecule has 194 valence electrons. The van der Waals surface area contributed by atoms with Crippen molar-refractivity contribution in [2.75, 3.05) is 50.0 Å². The Kier molecular flexibility index (Phi) is 7.32. The molecule has 0 aliphatic carbocycles. The first-order chi connectivity index (χ1) is 17.9. The minimum atomic E-state index is -0.342. The van der Waals surface area contributed by atoms with Crippen LogP contribution in [0, 0.1) is 12.7 Å². The number of hydrogen-bond acceptors (Lipinski definition) is 7. The smallest absolute Gasteiger partial charge is 0.350 e. The van der Waals surface area contributed by atoms with Gasteiger partial charge in [-0.2, -0.15) is 4.98 Å². The Hall–Kier alpha value is -3.21. The molecule has 1 aromatic heterocycles. The first kappa shape index (κ1) is 25.4. The van der Waals surface area contributed by atoms with Crippen molar-refractivity contribution in [1.82, 2.24) is 14.5 Å². The average molecular weight is 524 g/mol. The summed E-state index contributed by atoms with van der Waals surface area (Å²) >= 11 is 1.64. The molecular weight excluding hydrogens is 493 g/mol. The molecule has 0 bridgehead atoms. The topological polar surface area (TPSA) is 93.7 Å². The second-order valence-corrected chi connectivity index (χ2v) is 10.3. The molecule has 1 amide bonds. The van der Waals surface area contributed by atoms with Gasteiger partial charge < -0.3 is 20.3 Å². The molecule has 3 heterocycles. The predicted octanol–water partition coefficient (Wildman–Crippen LogP) is 2.80. The average Bonchev–Trinajstić information content (AvgIpc) is 3.10. The molecular formula is C27H30FN5O3S. The highest BCUT2D eigenvalue weighted by atomic mass is 32.2. The van der Waals surface area contributed by atoms with Crippen LogP contribution in [0.2, 0.25) is 0 Å². The van der Waals surface area contributed by atoms with Gasteiger partial charge in [-0.25, -0.2) is 9.18 Å². The number of aromatic nitrogens is 2. The van der Waals surface area contributed by atoms with E-state index < -0.39 is 0 Å². The molecule has 0 spiro atoms. The van der Waals surface area contributed by atoms with Crippen LogP contribution >= 0.6 is 11.8 Å². The Morgan fingerprint density at radius 2 is 2.00 bits per heavy atom. The van der Waals surface area contributed by atoms with Gasteiger partial charge in [0.05, 0.1) is 24.8 Å². The van der Waals surface area contributed by atoms with Crippen LogP contribution in [0.3, 0.4) is 0 Å². The van der Waals surface area contributed by atoms with E-state index in [1.165, 1.54) is 18.2 Å². The van der Waals surface area contributed by atoms with Gasteiger partial charge in [0, 0.05) is 54.3 Å². The van der Waals surface area contributed by atoms with Crippen molar-refractivity contribution in [2.24, 2.45) is 5.73 Å². The summed E-state index contributed by atoms with van der Waals surface area (Å²) in [7, 11) is 0. The Morgan fingerprint density at radius 1 is 1.27 bits per heavy atom. The SMILES string of the molecule is C=CC(=O)N1CCN(c2nc(=O)n3c4c(c(-c5ccc(F)cc5)c(C)cc24)SCC(OCCN)C3)CC1. The number of carbonyl (C=O) groups is 1. The van der Waals surface area contributed by atoms with E-state index in [1.54, 1.807) is 33.4 Å². The molecule has 8 nitrogen and oxygen atoms in total. The fraction of sp³-hybridized carbons (Fsp3) is 0.370. The zero-order chi connectivity index (χ0) is 26.1. The van der Waals surface area contributed by atoms with Gasteiger partial charge in [0.2, 0.25) is 5.91 Å². The molecule has 1 fully saturated rings. The molecule has 1 saturated heterocycles. The van der Waals surface area contributed by atoms with Crippen LogP contribution in [0.25, 0.3) is 22.0 Å². The van der Waals surface area contributed by atoms with Crippen molar-refractivity contribution >= 4 is 34.4 Å². The highest BCUT2D eigenvalue weighted by molar-refractivity contribution is 7.99. The van der Waals surface area contributed by atoms with Crippen LogP contribution in [0.5, 0.6) is 0 Å². The lowest BCUT2D eigenvalue weighted by Crippen LogP contribution is -2.49. The number of piperazine rings is 1. The third-order valence-corrected chi connectivity index (χ3v) is 8.09. The number of aryl methyl sites for hydroxylation is 1. The second-order valence-electron chi connectivity index (χ2n) is 9.24. The van der Waals surface area contributed by atoms with Gasteiger partial charge in [-0.1, -0.05) is 18.7 Å². The molecule has 2 aromatic carbocycles. The lowest BCUT2D eigenvalue weighted by molar-refractivity contribution is -0.126. The lowest BCUT2D eigenvalue weighted by atomic mass is 9.97. The maximum absolute atomic E-state index is 13.7. The summed E-state index contributed by atoms with van der Waals surface area (Å²) in [5.74, 6) is 0.874. The second kappa shape index (κ2) is 10.6. The third-order valence-electron chi connectivity index (χ3n) is 6.87. The van der Waals surface area contributed by atoms with E-state index in [2.05, 4.69) is 22.5 Å². The number of carbonyl (C=O) groups excluding carboxylic acids is 1. The van der Waals surface area contributed by atoms with Crippen LogP contribution in [0.1, 0.15) is 5.56 Å². The fourth-order valence-electron chi connectivity index (χ4n) is 5.08. The van der Waals surface area contributed by atoms with Gasteiger partial charge >= 0.3 is 5.69 Å². The first-order valence-electron chi connectivity index (χ1n) is 12.4. The third kappa shape index (κ3) is 4.88. The number of benzene rings is 2. The van der Waals surface area contributed by atoms with E-state index in [0.29, 0.717) is 57.4 Å². The Morgan fingerprint density at radius 3 is 2.68 bits per heavy atom. The largest absolute Gasteiger partial charge is 0.374 e. The maximum Gasteiger partial charge on any atom is 0.350 e. The number of thioether (sulfide) groups is 1. The maximum atomic E-state index is 13.7. The monoisotopic (exact) mass is 523 g/mol. The van der Waals surface area contributed by atoms with Gasteiger partial charge in [-0.3, -0.25) is 9.36 Å². The zero-order valence-electron chi connectivity index (χ0n) is 20.8. The van der Waals surface area contributed by atoms with Gasteiger partial charge in [-0.15, -0.1) is 11.8 Å². The molecule has 5 rings (SSSR count).